The first kappa shape index (κ1) is 20.5. The van der Waals surface area contributed by atoms with E-state index in [9.17, 15) is 18.0 Å². The van der Waals surface area contributed by atoms with E-state index in [1.54, 1.807) is 22.7 Å². The van der Waals surface area contributed by atoms with Crippen molar-refractivity contribution in [3.8, 4) is 0 Å². The van der Waals surface area contributed by atoms with Gasteiger partial charge in [0.15, 0.2) is 0 Å². The Morgan fingerprint density at radius 3 is 2.71 bits per heavy atom. The Bertz CT molecular complexity index is 1250. The number of fused-ring (bicyclic) bond motifs is 1. The van der Waals surface area contributed by atoms with Gasteiger partial charge in [-0.2, -0.15) is 13.2 Å². The number of nitrogens with zero attached hydrogens (tertiary/aromatic N) is 2. The number of imidazole rings is 1. The zero-order chi connectivity index (χ0) is 22.0. The molecule has 8 heteroatoms. The van der Waals surface area contributed by atoms with Crippen LogP contribution >= 0.6 is 0 Å². The molecule has 2 N–H and O–H groups in total. The van der Waals surface area contributed by atoms with Crippen LogP contribution in [0.25, 0.3) is 5.65 Å². The van der Waals surface area contributed by atoms with Crippen molar-refractivity contribution in [3.05, 3.63) is 95.4 Å². The van der Waals surface area contributed by atoms with Crippen molar-refractivity contribution in [3.63, 3.8) is 0 Å². The molecule has 0 fully saturated rings. The van der Waals surface area contributed by atoms with E-state index in [1.807, 2.05) is 37.3 Å². The maximum atomic E-state index is 12.9. The number of hydrogen-bond donors (Lipinski definition) is 2. The zero-order valence-corrected chi connectivity index (χ0v) is 16.6. The number of aromatic nitrogens is 2. The smallest absolute Gasteiger partial charge is 0.381 e. The van der Waals surface area contributed by atoms with E-state index in [1.165, 1.54) is 12.3 Å². The second kappa shape index (κ2) is 8.14. The van der Waals surface area contributed by atoms with Crippen LogP contribution in [0, 0.1) is 6.92 Å². The first-order valence-electron chi connectivity index (χ1n) is 9.55. The van der Waals surface area contributed by atoms with Crippen molar-refractivity contribution in [1.82, 2.24) is 9.38 Å². The standard InChI is InChI=1S/C23H19F3N4O/c1-15-8-9-16(13-27-18-6-4-5-17(12-18)23(24,25)26)11-19(15)29-22(31)20-14-28-21-7-2-3-10-30(20)21/h2-12,14,27H,13H2,1H3,(H,29,31). The van der Waals surface area contributed by atoms with Crippen LogP contribution in [-0.2, 0) is 12.7 Å². The molecule has 0 aliphatic carbocycles. The third-order valence-corrected chi connectivity index (χ3v) is 4.89. The third-order valence-electron chi connectivity index (χ3n) is 4.89. The summed E-state index contributed by atoms with van der Waals surface area (Å²) in [5.41, 5.74) is 3.04. The molecule has 158 valence electrons. The highest BCUT2D eigenvalue weighted by Crippen LogP contribution is 2.30. The highest BCUT2D eigenvalue weighted by molar-refractivity contribution is 6.03. The van der Waals surface area contributed by atoms with Gasteiger partial charge in [-0.25, -0.2) is 4.98 Å². The van der Waals surface area contributed by atoms with E-state index in [4.69, 9.17) is 0 Å². The van der Waals surface area contributed by atoms with Gasteiger partial charge in [0.05, 0.1) is 11.8 Å². The van der Waals surface area contributed by atoms with Crippen molar-refractivity contribution in [1.29, 1.82) is 0 Å². The molecule has 5 nitrogen and oxygen atoms in total. The van der Waals surface area contributed by atoms with Crippen LogP contribution in [0.2, 0.25) is 0 Å². The van der Waals surface area contributed by atoms with Gasteiger partial charge in [-0.1, -0.05) is 24.3 Å². The first-order valence-corrected chi connectivity index (χ1v) is 9.55. The summed E-state index contributed by atoms with van der Waals surface area (Å²) in [4.78, 5) is 17.0. The number of amides is 1. The minimum atomic E-state index is -4.39. The van der Waals surface area contributed by atoms with Gasteiger partial charge in [0.25, 0.3) is 5.91 Å². The number of halogens is 3. The Morgan fingerprint density at radius 1 is 1.06 bits per heavy atom. The van der Waals surface area contributed by atoms with Crippen molar-refractivity contribution in [2.24, 2.45) is 0 Å². The summed E-state index contributed by atoms with van der Waals surface area (Å²) in [6.45, 7) is 2.17. The number of carbonyl (C=O) groups excluding carboxylic acids is 1. The predicted molar refractivity (Wildman–Crippen MR) is 113 cm³/mol. The fraction of sp³-hybridized carbons (Fsp3) is 0.130. The van der Waals surface area contributed by atoms with Gasteiger partial charge >= 0.3 is 6.18 Å². The van der Waals surface area contributed by atoms with Gasteiger partial charge in [0.1, 0.15) is 11.3 Å². The molecule has 0 unspecified atom stereocenters. The minimum Gasteiger partial charge on any atom is -0.381 e. The van der Waals surface area contributed by atoms with Crippen molar-refractivity contribution >= 4 is 22.9 Å². The van der Waals surface area contributed by atoms with Gasteiger partial charge in [0.2, 0.25) is 0 Å². The molecule has 2 aromatic carbocycles. The van der Waals surface area contributed by atoms with Gasteiger partial charge in [-0.05, 0) is 54.4 Å². The quantitative estimate of drug-likeness (QED) is 0.443. The van der Waals surface area contributed by atoms with Gasteiger partial charge in [-0.15, -0.1) is 0 Å². The molecular formula is C23H19F3N4O. The lowest BCUT2D eigenvalue weighted by Gasteiger charge is -2.13. The number of alkyl halides is 3. The average molecular weight is 424 g/mol. The van der Waals surface area contributed by atoms with E-state index in [0.29, 0.717) is 29.3 Å². The molecule has 0 aliphatic rings. The lowest BCUT2D eigenvalue weighted by atomic mass is 10.1. The summed E-state index contributed by atoms with van der Waals surface area (Å²) in [5.74, 6) is -0.301. The average Bonchev–Trinajstić information content (AvgIpc) is 3.18. The lowest BCUT2D eigenvalue weighted by Crippen LogP contribution is -2.15. The van der Waals surface area contributed by atoms with Crippen LogP contribution in [0.1, 0.15) is 27.2 Å². The number of aryl methyl sites for hydroxylation is 1. The molecule has 31 heavy (non-hydrogen) atoms. The SMILES string of the molecule is Cc1ccc(CNc2cccc(C(F)(F)F)c2)cc1NC(=O)c1cnc2ccccn12. The molecule has 0 radical (unpaired) electrons. The van der Waals surface area contributed by atoms with Crippen molar-refractivity contribution < 1.29 is 18.0 Å². The highest BCUT2D eigenvalue weighted by atomic mass is 19.4. The third kappa shape index (κ3) is 4.53. The number of hydrogen-bond acceptors (Lipinski definition) is 3. The molecule has 2 aromatic heterocycles. The Labute approximate surface area is 176 Å². The molecule has 4 rings (SSSR count). The molecule has 0 saturated carbocycles. The number of rotatable bonds is 5. The maximum absolute atomic E-state index is 12.9. The van der Waals surface area contributed by atoms with Crippen LogP contribution in [0.5, 0.6) is 0 Å². The van der Waals surface area contributed by atoms with Crippen LogP contribution in [0.4, 0.5) is 24.5 Å². The normalized spacial score (nSPS) is 11.5. The highest BCUT2D eigenvalue weighted by Gasteiger charge is 2.30. The van der Waals surface area contributed by atoms with Crippen LogP contribution in [0.3, 0.4) is 0 Å². The summed E-state index contributed by atoms with van der Waals surface area (Å²) in [6.07, 6.45) is -1.12. The topological polar surface area (TPSA) is 58.4 Å². The van der Waals surface area contributed by atoms with E-state index >= 15 is 0 Å². The Morgan fingerprint density at radius 2 is 1.90 bits per heavy atom. The number of benzene rings is 2. The number of pyridine rings is 1. The van der Waals surface area contributed by atoms with Crippen molar-refractivity contribution in [2.45, 2.75) is 19.6 Å². The van der Waals surface area contributed by atoms with E-state index < -0.39 is 11.7 Å². The molecule has 0 bridgehead atoms. The van der Waals surface area contributed by atoms with Crippen LogP contribution in [0.15, 0.2) is 73.1 Å². The lowest BCUT2D eigenvalue weighted by molar-refractivity contribution is -0.137. The zero-order valence-electron chi connectivity index (χ0n) is 16.6. The van der Waals surface area contributed by atoms with E-state index in [2.05, 4.69) is 15.6 Å². The van der Waals surface area contributed by atoms with E-state index in [-0.39, 0.29) is 5.91 Å². The second-order valence-electron chi connectivity index (χ2n) is 7.11. The Kier molecular flexibility index (Phi) is 5.37. The number of carbonyl (C=O) groups is 1. The monoisotopic (exact) mass is 424 g/mol. The molecule has 4 aromatic rings. The fourth-order valence-electron chi connectivity index (χ4n) is 3.21. The molecule has 0 saturated heterocycles. The fourth-order valence-corrected chi connectivity index (χ4v) is 3.21. The summed E-state index contributed by atoms with van der Waals surface area (Å²) in [6, 6.07) is 16.0. The molecule has 0 spiro atoms. The number of nitrogens with one attached hydrogen (secondary N) is 2. The summed E-state index contributed by atoms with van der Waals surface area (Å²) in [7, 11) is 0. The Balaban J connectivity index is 1.49. The maximum Gasteiger partial charge on any atom is 0.416 e. The number of anilines is 2. The summed E-state index contributed by atoms with van der Waals surface area (Å²) < 4.78 is 40.4. The van der Waals surface area contributed by atoms with Gasteiger partial charge in [0, 0.05) is 24.1 Å². The summed E-state index contributed by atoms with van der Waals surface area (Å²) in [5, 5.41) is 5.89. The van der Waals surface area contributed by atoms with Crippen LogP contribution < -0.4 is 10.6 Å². The second-order valence-corrected chi connectivity index (χ2v) is 7.11. The predicted octanol–water partition coefficient (Wildman–Crippen LogP) is 5.53. The van der Waals surface area contributed by atoms with E-state index in [0.717, 1.165) is 23.3 Å². The molecule has 1 amide bonds. The molecule has 0 aliphatic heterocycles. The largest absolute Gasteiger partial charge is 0.416 e. The van der Waals surface area contributed by atoms with Crippen molar-refractivity contribution in [2.75, 3.05) is 10.6 Å². The molecule has 0 atom stereocenters. The molecule has 2 heterocycles. The Hall–Kier alpha value is -3.81. The van der Waals surface area contributed by atoms with Crippen LogP contribution in [-0.4, -0.2) is 15.3 Å². The van der Waals surface area contributed by atoms with Gasteiger partial charge < -0.3 is 10.6 Å². The summed E-state index contributed by atoms with van der Waals surface area (Å²) >= 11 is 0. The van der Waals surface area contributed by atoms with Gasteiger partial charge in [-0.3, -0.25) is 9.20 Å². The minimum absolute atomic E-state index is 0.301. The molecular weight excluding hydrogens is 405 g/mol. The first-order chi connectivity index (χ1) is 14.8.